The van der Waals surface area contributed by atoms with Crippen molar-refractivity contribution in [3.8, 4) is 0 Å². The van der Waals surface area contributed by atoms with Gasteiger partial charge in [0.2, 0.25) is 0 Å². The molecule has 0 bridgehead atoms. The zero-order valence-corrected chi connectivity index (χ0v) is 16.8. The van der Waals surface area contributed by atoms with Gasteiger partial charge in [0.25, 0.3) is 0 Å². The number of nitrogens with two attached hydrogens (primary N) is 1. The van der Waals surface area contributed by atoms with Gasteiger partial charge in [-0.25, -0.2) is 13.9 Å². The van der Waals surface area contributed by atoms with E-state index in [9.17, 15) is 31.1 Å². The van der Waals surface area contributed by atoms with Crippen LogP contribution in [0.3, 0.4) is 0 Å². The van der Waals surface area contributed by atoms with Crippen molar-refractivity contribution in [2.45, 2.75) is 50.4 Å². The number of hydrogen-bond acceptors (Lipinski definition) is 4. The Labute approximate surface area is 172 Å². The van der Waals surface area contributed by atoms with Crippen LogP contribution >= 0.6 is 0 Å². The van der Waals surface area contributed by atoms with Crippen molar-refractivity contribution in [3.63, 3.8) is 0 Å². The Hall–Kier alpha value is -2.68. The molecule has 15 heteroatoms. The Morgan fingerprint density at radius 2 is 2.10 bits per heavy atom. The minimum Gasteiger partial charge on any atom is -0.305 e. The molecule has 1 atom stereocenters. The lowest BCUT2D eigenvalue weighted by molar-refractivity contribution is -0.127. The Kier molecular flexibility index (Phi) is 6.01. The largest absolute Gasteiger partial charge is 0.394 e. The third-order valence-corrected chi connectivity index (χ3v) is 5.87. The lowest BCUT2D eigenvalue weighted by atomic mass is 10.0. The van der Waals surface area contributed by atoms with E-state index in [0.717, 1.165) is 0 Å². The molecule has 2 aromatic heterocycles. The average Bonchev–Trinajstić information content (AvgIpc) is 3.23. The third kappa shape index (κ3) is 4.98. The van der Waals surface area contributed by atoms with Crippen LogP contribution in [0.1, 0.15) is 35.5 Å². The lowest BCUT2D eigenvalue weighted by Crippen LogP contribution is -2.20. The summed E-state index contributed by atoms with van der Waals surface area (Å²) in [6, 6.07) is -1.24. The number of carbonyl (C=O) groups excluding carboxylic acids is 1. The Bertz CT molecular complexity index is 1150. The number of aromatic nitrogens is 3. The minimum absolute atomic E-state index is 0.0649. The number of carbonyl (C=O) groups is 1. The van der Waals surface area contributed by atoms with Crippen LogP contribution in [0.5, 0.6) is 0 Å². The van der Waals surface area contributed by atoms with Crippen molar-refractivity contribution in [2.24, 2.45) is 9.50 Å². The lowest BCUT2D eigenvalue weighted by Gasteiger charge is -2.17. The van der Waals surface area contributed by atoms with Gasteiger partial charge in [0, 0.05) is 5.69 Å². The number of aryl methyl sites for hydroxylation is 1. The zero-order valence-electron chi connectivity index (χ0n) is 15.9. The topological polar surface area (TPSA) is 122 Å². The molecule has 0 fully saturated rings. The Morgan fingerprint density at radius 3 is 2.68 bits per heavy atom. The first kappa shape index (κ1) is 23.0. The molecule has 0 spiro atoms. The molecule has 3 rings (SSSR count). The summed E-state index contributed by atoms with van der Waals surface area (Å²) in [5, 5.41) is 10.1. The first-order valence-corrected chi connectivity index (χ1v) is 10.4. The van der Waals surface area contributed by atoms with Crippen molar-refractivity contribution in [3.05, 3.63) is 34.5 Å². The van der Waals surface area contributed by atoms with Crippen LogP contribution in [0, 0.1) is 17.5 Å². The number of nitrogens with one attached hydrogen (secondary N) is 2. The van der Waals surface area contributed by atoms with Crippen LogP contribution in [0.2, 0.25) is 0 Å². The van der Waals surface area contributed by atoms with Gasteiger partial charge in [-0.2, -0.15) is 27.1 Å². The zero-order chi connectivity index (χ0) is 23.1. The molecule has 0 radical (unpaired) electrons. The van der Waals surface area contributed by atoms with Crippen LogP contribution in [0.15, 0.2) is 15.6 Å². The summed E-state index contributed by atoms with van der Waals surface area (Å²) in [5.74, 6) is -1.34. The number of rotatable bonds is 4. The van der Waals surface area contributed by atoms with Crippen molar-refractivity contribution in [1.82, 2.24) is 14.8 Å². The molecule has 1 aliphatic carbocycles. The SMILES string of the molecule is Cc1c(CC(F)(F)F)nc2c(c1NC(=O)N=S(=N)(N)c1nn(C(F)F)cc1F)CCC2. The summed E-state index contributed by atoms with van der Waals surface area (Å²) in [6.07, 6.45) is -3.98. The predicted molar refractivity (Wildman–Crippen MR) is 98.2 cm³/mol. The molecule has 4 N–H and O–H groups in total. The number of fused-ring (bicyclic) bond motifs is 1. The normalized spacial score (nSPS) is 15.6. The van der Waals surface area contributed by atoms with Gasteiger partial charge in [0.05, 0.1) is 33.8 Å². The summed E-state index contributed by atoms with van der Waals surface area (Å²) in [6.45, 7) is -1.84. The molecule has 31 heavy (non-hydrogen) atoms. The summed E-state index contributed by atoms with van der Waals surface area (Å²) >= 11 is 0. The number of nitrogens with zero attached hydrogens (tertiary/aromatic N) is 4. The fourth-order valence-corrected chi connectivity index (χ4v) is 4.20. The number of amides is 2. The molecule has 2 amide bonds. The predicted octanol–water partition coefficient (Wildman–Crippen LogP) is 4.28. The van der Waals surface area contributed by atoms with E-state index < -0.39 is 45.8 Å². The number of hydrogen-bond donors (Lipinski definition) is 3. The van der Waals surface area contributed by atoms with Crippen molar-refractivity contribution in [1.29, 1.82) is 4.78 Å². The number of anilines is 1. The Morgan fingerprint density at radius 1 is 1.42 bits per heavy atom. The molecule has 2 heterocycles. The van der Waals surface area contributed by atoms with Gasteiger partial charge in [-0.15, -0.1) is 4.36 Å². The second-order valence-electron chi connectivity index (χ2n) is 6.82. The molecule has 2 aromatic rings. The van der Waals surface area contributed by atoms with Crippen LogP contribution in [0.25, 0.3) is 0 Å². The maximum Gasteiger partial charge on any atom is 0.394 e. The quantitative estimate of drug-likeness (QED) is 0.579. The monoisotopic (exact) mass is 469 g/mol. The van der Waals surface area contributed by atoms with Gasteiger partial charge in [-0.05, 0) is 37.3 Å². The first-order chi connectivity index (χ1) is 14.3. The average molecular weight is 469 g/mol. The Balaban J connectivity index is 1.97. The number of alkyl halides is 5. The van der Waals surface area contributed by atoms with E-state index in [4.69, 9.17) is 9.92 Å². The second-order valence-corrected chi connectivity index (χ2v) is 8.64. The van der Waals surface area contributed by atoms with Crippen LogP contribution < -0.4 is 10.5 Å². The molecule has 170 valence electrons. The third-order valence-electron chi connectivity index (χ3n) is 4.55. The van der Waals surface area contributed by atoms with E-state index in [2.05, 4.69) is 19.8 Å². The molecule has 0 aliphatic heterocycles. The number of urea groups is 1. The van der Waals surface area contributed by atoms with E-state index in [0.29, 0.717) is 36.7 Å². The van der Waals surface area contributed by atoms with Gasteiger partial charge in [-0.3, -0.25) is 14.9 Å². The van der Waals surface area contributed by atoms with Gasteiger partial charge >= 0.3 is 18.8 Å². The molecule has 1 aliphatic rings. The smallest absolute Gasteiger partial charge is 0.305 e. The maximum atomic E-state index is 13.9. The number of pyridine rings is 1. The first-order valence-electron chi connectivity index (χ1n) is 8.79. The fourth-order valence-electron chi connectivity index (χ4n) is 3.24. The van der Waals surface area contributed by atoms with Crippen molar-refractivity contribution >= 4 is 21.5 Å². The number of halogens is 6. The minimum atomic E-state index is -4.52. The molecule has 8 nitrogen and oxygen atoms in total. The molecular formula is C16H17F6N7OS. The summed E-state index contributed by atoms with van der Waals surface area (Å²) in [4.78, 5) is 16.5. The molecular weight excluding hydrogens is 452 g/mol. The highest BCUT2D eigenvalue weighted by atomic mass is 32.2. The highest BCUT2D eigenvalue weighted by Gasteiger charge is 2.32. The summed E-state index contributed by atoms with van der Waals surface area (Å²) < 4.78 is 89.1. The molecule has 0 saturated carbocycles. The maximum absolute atomic E-state index is 13.9. The van der Waals surface area contributed by atoms with Crippen LogP contribution in [0.4, 0.5) is 36.8 Å². The second kappa shape index (κ2) is 8.11. The van der Waals surface area contributed by atoms with E-state index in [-0.39, 0.29) is 21.6 Å². The van der Waals surface area contributed by atoms with E-state index >= 15 is 0 Å². The van der Waals surface area contributed by atoms with Gasteiger partial charge in [0.15, 0.2) is 10.8 Å². The van der Waals surface area contributed by atoms with Crippen molar-refractivity contribution < 1.29 is 31.1 Å². The highest BCUT2D eigenvalue weighted by Crippen LogP contribution is 2.34. The van der Waals surface area contributed by atoms with Gasteiger partial charge < -0.3 is 5.32 Å². The fraction of sp³-hybridized carbons (Fsp3) is 0.438. The molecule has 0 aromatic carbocycles. The summed E-state index contributed by atoms with van der Waals surface area (Å²) in [7, 11) is -3.86. The van der Waals surface area contributed by atoms with Crippen LogP contribution in [-0.4, -0.2) is 27.0 Å². The standard InChI is InChI=1S/C16H17F6N7OS/c1-7-11(5-16(20,21)22)25-10-4-2-3-8(10)12(7)26-15(30)28-31(23,24)13-9(17)6-29(27-13)14(18)19/h6,14H,2-5H2,1H3,(H4,23,24,25,26,28,30). The molecule has 0 saturated heterocycles. The van der Waals surface area contributed by atoms with Gasteiger partial charge in [0.1, 0.15) is 0 Å². The molecule has 1 unspecified atom stereocenters. The van der Waals surface area contributed by atoms with Crippen LogP contribution in [-0.2, 0) is 29.1 Å². The highest BCUT2D eigenvalue weighted by molar-refractivity contribution is 7.92. The van der Waals surface area contributed by atoms with E-state index in [1.54, 1.807) is 0 Å². The van der Waals surface area contributed by atoms with Crippen molar-refractivity contribution in [2.75, 3.05) is 5.32 Å². The summed E-state index contributed by atoms with van der Waals surface area (Å²) in [5.41, 5.74) is 0.853. The van der Waals surface area contributed by atoms with E-state index in [1.165, 1.54) is 6.92 Å². The van der Waals surface area contributed by atoms with Gasteiger partial charge in [-0.1, -0.05) is 0 Å². The van der Waals surface area contributed by atoms with E-state index in [1.807, 2.05) is 0 Å².